The van der Waals surface area contributed by atoms with E-state index in [2.05, 4.69) is 15.7 Å². The quantitative estimate of drug-likeness (QED) is 0.695. The lowest BCUT2D eigenvalue weighted by molar-refractivity contribution is -0.125. The summed E-state index contributed by atoms with van der Waals surface area (Å²) in [4.78, 5) is 14.5. The lowest BCUT2D eigenvalue weighted by Crippen LogP contribution is -2.35. The van der Waals surface area contributed by atoms with Gasteiger partial charge in [-0.05, 0) is 49.7 Å². The largest absolute Gasteiger partial charge is 0.493 e. The van der Waals surface area contributed by atoms with Crippen molar-refractivity contribution in [1.82, 2.24) is 25.3 Å². The van der Waals surface area contributed by atoms with Crippen LogP contribution in [-0.4, -0.2) is 51.9 Å². The molecule has 2 aliphatic rings. The molecule has 0 saturated carbocycles. The van der Waals surface area contributed by atoms with Crippen LogP contribution in [0.3, 0.4) is 0 Å². The number of rotatable bonds is 4. The van der Waals surface area contributed by atoms with Crippen LogP contribution in [-0.2, 0) is 4.79 Å². The molecule has 1 amide bonds. The highest BCUT2D eigenvalue weighted by Gasteiger charge is 2.28. The van der Waals surface area contributed by atoms with Gasteiger partial charge in [-0.15, -0.1) is 0 Å². The third kappa shape index (κ3) is 3.66. The number of dihydropyridines is 1. The number of hydrogen-bond donors (Lipinski definition) is 3. The number of carbonyl (C=O) groups excluding carboxylic acids is 1. The summed E-state index contributed by atoms with van der Waals surface area (Å²) in [5.74, 6) is -0.806. The van der Waals surface area contributed by atoms with Gasteiger partial charge in [-0.3, -0.25) is 4.79 Å². The first-order valence-corrected chi connectivity index (χ1v) is 10.0. The van der Waals surface area contributed by atoms with E-state index in [1.165, 1.54) is 16.9 Å². The second kappa shape index (κ2) is 8.24. The van der Waals surface area contributed by atoms with Crippen LogP contribution in [0.15, 0.2) is 42.3 Å². The van der Waals surface area contributed by atoms with Crippen molar-refractivity contribution < 1.29 is 14.3 Å². The number of amides is 1. The van der Waals surface area contributed by atoms with E-state index in [4.69, 9.17) is 5.26 Å². The molecule has 3 heterocycles. The molecule has 3 N–H and O–H groups in total. The number of likely N-dealkylation sites (tertiary alicyclic amines) is 1. The first-order chi connectivity index (χ1) is 14.9. The van der Waals surface area contributed by atoms with Gasteiger partial charge in [0.15, 0.2) is 0 Å². The van der Waals surface area contributed by atoms with E-state index >= 15 is 0 Å². The van der Waals surface area contributed by atoms with E-state index in [0.29, 0.717) is 35.8 Å². The van der Waals surface area contributed by atoms with Crippen LogP contribution < -0.4 is 10.6 Å². The average Bonchev–Trinajstić information content (AvgIpc) is 3.42. The van der Waals surface area contributed by atoms with E-state index < -0.39 is 12.0 Å². The number of benzene rings is 1. The molecule has 2 aromatic rings. The Morgan fingerprint density at radius 1 is 1.42 bits per heavy atom. The van der Waals surface area contributed by atoms with Crippen molar-refractivity contribution in [3.8, 4) is 23.1 Å². The predicted molar refractivity (Wildman–Crippen MR) is 112 cm³/mol. The first kappa shape index (κ1) is 20.6. The SMILES string of the molecule is CNC1CCN(C(=O)C2=CNC(n3ncc(-c4ccc(C#N)c(F)c4C)c3O)C=C2)C1. The van der Waals surface area contributed by atoms with Gasteiger partial charge in [0.2, 0.25) is 5.88 Å². The second-order valence-electron chi connectivity index (χ2n) is 7.63. The first-order valence-electron chi connectivity index (χ1n) is 10.0. The van der Waals surface area contributed by atoms with Crippen molar-refractivity contribution in [3.05, 3.63) is 59.2 Å². The van der Waals surface area contributed by atoms with Crippen molar-refractivity contribution in [1.29, 1.82) is 5.26 Å². The van der Waals surface area contributed by atoms with Crippen molar-refractivity contribution >= 4 is 5.91 Å². The lowest BCUT2D eigenvalue weighted by Gasteiger charge is -2.22. The Hall–Kier alpha value is -3.64. The lowest BCUT2D eigenvalue weighted by atomic mass is 10.00. The summed E-state index contributed by atoms with van der Waals surface area (Å²) in [6.45, 7) is 2.94. The van der Waals surface area contributed by atoms with Crippen LogP contribution in [0.25, 0.3) is 11.1 Å². The van der Waals surface area contributed by atoms with Crippen LogP contribution in [0.4, 0.5) is 4.39 Å². The van der Waals surface area contributed by atoms with Crippen molar-refractivity contribution in [2.45, 2.75) is 25.6 Å². The van der Waals surface area contributed by atoms with Gasteiger partial charge in [-0.1, -0.05) is 6.07 Å². The highest BCUT2D eigenvalue weighted by Crippen LogP contribution is 2.35. The van der Waals surface area contributed by atoms with Crippen molar-refractivity contribution in [3.63, 3.8) is 0 Å². The zero-order chi connectivity index (χ0) is 22.1. The molecule has 160 valence electrons. The Balaban J connectivity index is 1.52. The average molecular weight is 422 g/mol. The summed E-state index contributed by atoms with van der Waals surface area (Å²) < 4.78 is 15.7. The summed E-state index contributed by atoms with van der Waals surface area (Å²) in [6, 6.07) is 5.09. The molecule has 1 aromatic carbocycles. The molecule has 9 heteroatoms. The number of hydrogen-bond acceptors (Lipinski definition) is 6. The molecule has 0 aliphatic carbocycles. The summed E-state index contributed by atoms with van der Waals surface area (Å²) in [7, 11) is 1.89. The third-order valence-corrected chi connectivity index (χ3v) is 5.83. The summed E-state index contributed by atoms with van der Waals surface area (Å²) in [6.07, 6.45) is 6.94. The maximum Gasteiger partial charge on any atom is 0.255 e. The van der Waals surface area contributed by atoms with Crippen LogP contribution in [0.2, 0.25) is 0 Å². The minimum absolute atomic E-state index is 0.0472. The molecule has 0 spiro atoms. The number of nitrogens with one attached hydrogen (secondary N) is 2. The minimum Gasteiger partial charge on any atom is -0.493 e. The Morgan fingerprint density at radius 3 is 2.87 bits per heavy atom. The molecule has 4 rings (SSSR count). The van der Waals surface area contributed by atoms with E-state index in [9.17, 15) is 14.3 Å². The molecule has 2 aliphatic heterocycles. The molecule has 2 unspecified atom stereocenters. The van der Waals surface area contributed by atoms with Gasteiger partial charge >= 0.3 is 0 Å². The van der Waals surface area contributed by atoms with E-state index in [1.807, 2.05) is 11.9 Å². The van der Waals surface area contributed by atoms with E-state index in [1.54, 1.807) is 37.4 Å². The van der Waals surface area contributed by atoms with Crippen LogP contribution >= 0.6 is 0 Å². The third-order valence-electron chi connectivity index (χ3n) is 5.83. The highest BCUT2D eigenvalue weighted by atomic mass is 19.1. The zero-order valence-electron chi connectivity index (χ0n) is 17.3. The van der Waals surface area contributed by atoms with Crippen LogP contribution in [0.1, 0.15) is 23.7 Å². The van der Waals surface area contributed by atoms with Gasteiger partial charge in [0.25, 0.3) is 5.91 Å². The second-order valence-corrected chi connectivity index (χ2v) is 7.63. The molecule has 0 radical (unpaired) electrons. The van der Waals surface area contributed by atoms with Gasteiger partial charge in [-0.25, -0.2) is 9.07 Å². The van der Waals surface area contributed by atoms with Gasteiger partial charge in [0.05, 0.1) is 22.9 Å². The van der Waals surface area contributed by atoms with E-state index in [0.717, 1.165) is 6.42 Å². The number of likely N-dealkylation sites (N-methyl/N-ethyl adjacent to an activating group) is 1. The molecular formula is C22H23FN6O2. The van der Waals surface area contributed by atoms with Gasteiger partial charge in [0.1, 0.15) is 18.1 Å². The smallest absolute Gasteiger partial charge is 0.255 e. The molecular weight excluding hydrogens is 399 g/mol. The van der Waals surface area contributed by atoms with Crippen molar-refractivity contribution in [2.24, 2.45) is 0 Å². The number of carbonyl (C=O) groups is 1. The van der Waals surface area contributed by atoms with Gasteiger partial charge < -0.3 is 20.6 Å². The molecule has 31 heavy (non-hydrogen) atoms. The predicted octanol–water partition coefficient (Wildman–Crippen LogP) is 1.94. The zero-order valence-corrected chi connectivity index (χ0v) is 17.3. The topological polar surface area (TPSA) is 106 Å². The molecule has 1 fully saturated rings. The fraction of sp³-hybridized carbons (Fsp3) is 0.318. The Morgan fingerprint density at radius 2 is 2.23 bits per heavy atom. The number of nitriles is 1. The number of aromatic nitrogens is 2. The standard InChI is InChI=1S/C22H23FN6O2/c1-13-17(5-3-14(9-24)20(13)23)18-11-27-29(22(18)31)19-6-4-15(10-26-19)21(30)28-8-7-16(12-28)25-2/h3-6,10-11,16,19,25-26,31H,7-8,12H2,1-2H3. The summed E-state index contributed by atoms with van der Waals surface area (Å²) >= 11 is 0. The number of aromatic hydroxyl groups is 1. The maximum atomic E-state index is 14.3. The van der Waals surface area contributed by atoms with Crippen molar-refractivity contribution in [2.75, 3.05) is 20.1 Å². The fourth-order valence-corrected chi connectivity index (χ4v) is 3.93. The van der Waals surface area contributed by atoms with Crippen LogP contribution in [0, 0.1) is 24.1 Å². The highest BCUT2D eigenvalue weighted by molar-refractivity contribution is 5.96. The van der Waals surface area contributed by atoms with Gasteiger partial charge in [0, 0.05) is 25.3 Å². The molecule has 1 saturated heterocycles. The van der Waals surface area contributed by atoms with Gasteiger partial charge in [-0.2, -0.15) is 10.4 Å². The summed E-state index contributed by atoms with van der Waals surface area (Å²) in [5.41, 5.74) is 1.56. The molecule has 2 atom stereocenters. The normalized spacial score (nSPS) is 20.3. The van der Waals surface area contributed by atoms with Crippen LogP contribution in [0.5, 0.6) is 5.88 Å². The number of nitrogens with zero attached hydrogens (tertiary/aromatic N) is 4. The Labute approximate surface area is 179 Å². The van der Waals surface area contributed by atoms with E-state index in [-0.39, 0.29) is 22.9 Å². The molecule has 0 bridgehead atoms. The monoisotopic (exact) mass is 422 g/mol. The Kier molecular flexibility index (Phi) is 5.48. The number of halogens is 1. The Bertz CT molecular complexity index is 1130. The minimum atomic E-state index is -0.614. The molecule has 8 nitrogen and oxygen atoms in total. The summed E-state index contributed by atoms with van der Waals surface area (Å²) in [5, 5.41) is 30.2. The maximum absolute atomic E-state index is 14.3. The molecule has 1 aromatic heterocycles. The fourth-order valence-electron chi connectivity index (χ4n) is 3.93.